The van der Waals surface area contributed by atoms with Crippen LogP contribution in [0.4, 0.5) is 0 Å². The number of carbonyl (C=O) groups is 1. The number of amides is 1. The number of ether oxygens (including phenoxy) is 2. The summed E-state index contributed by atoms with van der Waals surface area (Å²) in [6, 6.07) is 5.86. The molecule has 0 spiro atoms. The van der Waals surface area contributed by atoms with Crippen molar-refractivity contribution in [2.24, 2.45) is 5.92 Å². The van der Waals surface area contributed by atoms with Crippen LogP contribution in [0.15, 0.2) is 36.9 Å². The van der Waals surface area contributed by atoms with Gasteiger partial charge in [0.15, 0.2) is 0 Å². The van der Waals surface area contributed by atoms with E-state index in [9.17, 15) is 4.79 Å². The van der Waals surface area contributed by atoms with Gasteiger partial charge in [-0.1, -0.05) is 6.07 Å². The van der Waals surface area contributed by atoms with Gasteiger partial charge in [-0.2, -0.15) is 0 Å². The third-order valence-corrected chi connectivity index (χ3v) is 3.73. The van der Waals surface area contributed by atoms with Crippen LogP contribution in [0.2, 0.25) is 0 Å². The Balaban J connectivity index is 1.51. The molecule has 0 aliphatic carbocycles. The molecule has 1 unspecified atom stereocenters. The molecular weight excluding hydrogens is 282 g/mol. The maximum Gasteiger partial charge on any atom is 0.239 e. The lowest BCUT2D eigenvalue weighted by atomic mass is 9.96. The van der Waals surface area contributed by atoms with Crippen molar-refractivity contribution in [2.45, 2.75) is 13.0 Å². The molecule has 2 aromatic rings. The molecule has 0 saturated carbocycles. The first-order chi connectivity index (χ1) is 10.7. The van der Waals surface area contributed by atoms with E-state index in [1.54, 1.807) is 30.4 Å². The Hall–Kier alpha value is -2.50. The Labute approximate surface area is 129 Å². The number of nitrogens with zero attached hydrogens (tertiary/aromatic N) is 2. The SMILES string of the molecule is COc1ccc2c(c1)OCC(CNC(=O)Cn1ccnc1)C2. The molecule has 116 valence electrons. The molecule has 1 aromatic heterocycles. The highest BCUT2D eigenvalue weighted by Crippen LogP contribution is 2.30. The maximum atomic E-state index is 11.9. The van der Waals surface area contributed by atoms with Crippen LogP contribution < -0.4 is 14.8 Å². The molecule has 1 aliphatic rings. The Morgan fingerprint density at radius 2 is 2.45 bits per heavy atom. The zero-order valence-corrected chi connectivity index (χ0v) is 12.5. The van der Waals surface area contributed by atoms with Crippen LogP contribution >= 0.6 is 0 Å². The normalized spacial score (nSPS) is 16.5. The predicted octanol–water partition coefficient (Wildman–Crippen LogP) is 1.26. The summed E-state index contributed by atoms with van der Waals surface area (Å²) in [5, 5.41) is 2.95. The molecule has 1 amide bonds. The lowest BCUT2D eigenvalue weighted by Crippen LogP contribution is -2.36. The second kappa shape index (κ2) is 6.51. The summed E-state index contributed by atoms with van der Waals surface area (Å²) in [6.45, 7) is 1.51. The van der Waals surface area contributed by atoms with Gasteiger partial charge in [0.25, 0.3) is 0 Å². The van der Waals surface area contributed by atoms with Crippen LogP contribution in [0.5, 0.6) is 11.5 Å². The number of imidazole rings is 1. The summed E-state index contributed by atoms with van der Waals surface area (Å²) >= 11 is 0. The smallest absolute Gasteiger partial charge is 0.239 e. The Bertz CT molecular complexity index is 640. The molecule has 6 heteroatoms. The van der Waals surface area contributed by atoms with E-state index >= 15 is 0 Å². The lowest BCUT2D eigenvalue weighted by Gasteiger charge is -2.25. The van der Waals surface area contributed by atoms with Crippen LogP contribution in [0, 0.1) is 5.92 Å². The first kappa shape index (κ1) is 14.4. The number of fused-ring (bicyclic) bond motifs is 1. The van der Waals surface area contributed by atoms with Gasteiger partial charge < -0.3 is 19.4 Å². The van der Waals surface area contributed by atoms with E-state index in [0.29, 0.717) is 19.7 Å². The average molecular weight is 301 g/mol. The summed E-state index contributed by atoms with van der Waals surface area (Å²) in [7, 11) is 1.64. The molecule has 1 aromatic carbocycles. The summed E-state index contributed by atoms with van der Waals surface area (Å²) < 4.78 is 12.7. The Kier molecular flexibility index (Phi) is 4.27. The molecule has 1 aliphatic heterocycles. The number of nitrogens with one attached hydrogen (secondary N) is 1. The van der Waals surface area contributed by atoms with E-state index in [2.05, 4.69) is 10.3 Å². The third kappa shape index (κ3) is 3.39. The average Bonchev–Trinajstić information content (AvgIpc) is 3.05. The molecule has 1 N–H and O–H groups in total. The van der Waals surface area contributed by atoms with Gasteiger partial charge in [-0.3, -0.25) is 4.79 Å². The van der Waals surface area contributed by atoms with Crippen LogP contribution in [-0.2, 0) is 17.8 Å². The minimum atomic E-state index is -0.0153. The molecule has 2 heterocycles. The topological polar surface area (TPSA) is 65.4 Å². The molecule has 1 atom stereocenters. The second-order valence-corrected chi connectivity index (χ2v) is 5.39. The van der Waals surface area contributed by atoms with Crippen LogP contribution in [0.3, 0.4) is 0 Å². The molecule has 0 radical (unpaired) electrons. The largest absolute Gasteiger partial charge is 0.497 e. The zero-order valence-electron chi connectivity index (χ0n) is 12.5. The first-order valence-corrected chi connectivity index (χ1v) is 7.27. The summed E-state index contributed by atoms with van der Waals surface area (Å²) in [5.74, 6) is 1.94. The summed E-state index contributed by atoms with van der Waals surface area (Å²) in [5.41, 5.74) is 1.15. The van der Waals surface area contributed by atoms with E-state index < -0.39 is 0 Å². The van der Waals surface area contributed by atoms with Crippen molar-refractivity contribution in [3.63, 3.8) is 0 Å². The number of rotatable bonds is 5. The molecule has 22 heavy (non-hydrogen) atoms. The van der Waals surface area contributed by atoms with Gasteiger partial charge in [-0.15, -0.1) is 0 Å². The minimum Gasteiger partial charge on any atom is -0.497 e. The minimum absolute atomic E-state index is 0.0153. The Morgan fingerprint density at radius 3 is 3.23 bits per heavy atom. The molecule has 0 bridgehead atoms. The van der Waals surface area contributed by atoms with Crippen molar-refractivity contribution in [1.29, 1.82) is 0 Å². The fourth-order valence-electron chi connectivity index (χ4n) is 2.53. The van der Waals surface area contributed by atoms with E-state index in [1.807, 2.05) is 18.2 Å². The highest BCUT2D eigenvalue weighted by Gasteiger charge is 2.20. The molecule has 0 fully saturated rings. The predicted molar refractivity (Wildman–Crippen MR) is 80.9 cm³/mol. The van der Waals surface area contributed by atoms with Crippen molar-refractivity contribution in [1.82, 2.24) is 14.9 Å². The van der Waals surface area contributed by atoms with Crippen LogP contribution in [0.25, 0.3) is 0 Å². The van der Waals surface area contributed by atoms with Crippen molar-refractivity contribution in [3.8, 4) is 11.5 Å². The summed E-state index contributed by atoms with van der Waals surface area (Å²) in [6.07, 6.45) is 5.96. The van der Waals surface area contributed by atoms with E-state index in [4.69, 9.17) is 9.47 Å². The number of hydrogen-bond acceptors (Lipinski definition) is 4. The van der Waals surface area contributed by atoms with Gasteiger partial charge in [0.2, 0.25) is 5.91 Å². The van der Waals surface area contributed by atoms with Gasteiger partial charge >= 0.3 is 0 Å². The van der Waals surface area contributed by atoms with Gasteiger partial charge in [-0.05, 0) is 18.1 Å². The fourth-order valence-corrected chi connectivity index (χ4v) is 2.53. The molecule has 0 saturated heterocycles. The van der Waals surface area contributed by atoms with Crippen LogP contribution in [0.1, 0.15) is 5.56 Å². The second-order valence-electron chi connectivity index (χ2n) is 5.39. The molecular formula is C16H19N3O3. The number of carbonyl (C=O) groups excluding carboxylic acids is 1. The standard InChI is InChI=1S/C16H19N3O3/c1-21-14-3-2-13-6-12(10-22-15(13)7-14)8-18-16(20)9-19-5-4-17-11-19/h2-5,7,11-12H,6,8-10H2,1H3,(H,18,20). The van der Waals surface area contributed by atoms with Crippen molar-refractivity contribution in [2.75, 3.05) is 20.3 Å². The van der Waals surface area contributed by atoms with Gasteiger partial charge in [0.05, 0.1) is 20.0 Å². The van der Waals surface area contributed by atoms with Crippen LogP contribution in [-0.4, -0.2) is 35.7 Å². The highest BCUT2D eigenvalue weighted by molar-refractivity contribution is 5.75. The number of hydrogen-bond donors (Lipinski definition) is 1. The van der Waals surface area contributed by atoms with Gasteiger partial charge in [0, 0.05) is 30.9 Å². The lowest BCUT2D eigenvalue weighted by molar-refractivity contribution is -0.121. The van der Waals surface area contributed by atoms with Crippen molar-refractivity contribution >= 4 is 5.91 Å². The van der Waals surface area contributed by atoms with Gasteiger partial charge in [-0.25, -0.2) is 4.98 Å². The van der Waals surface area contributed by atoms with E-state index in [0.717, 1.165) is 23.5 Å². The Morgan fingerprint density at radius 1 is 1.55 bits per heavy atom. The fraction of sp³-hybridized carbons (Fsp3) is 0.375. The molecule has 6 nitrogen and oxygen atoms in total. The van der Waals surface area contributed by atoms with E-state index in [-0.39, 0.29) is 11.8 Å². The molecule has 3 rings (SSSR count). The quantitative estimate of drug-likeness (QED) is 0.903. The summed E-state index contributed by atoms with van der Waals surface area (Å²) in [4.78, 5) is 15.8. The zero-order chi connectivity index (χ0) is 15.4. The first-order valence-electron chi connectivity index (χ1n) is 7.27. The van der Waals surface area contributed by atoms with E-state index in [1.165, 1.54) is 0 Å². The third-order valence-electron chi connectivity index (χ3n) is 3.73. The van der Waals surface area contributed by atoms with Gasteiger partial charge in [0.1, 0.15) is 18.0 Å². The maximum absolute atomic E-state index is 11.9. The number of aromatic nitrogens is 2. The number of methoxy groups -OCH3 is 1. The van der Waals surface area contributed by atoms with Crippen molar-refractivity contribution in [3.05, 3.63) is 42.5 Å². The monoisotopic (exact) mass is 301 g/mol. The highest BCUT2D eigenvalue weighted by atomic mass is 16.5. The number of benzene rings is 1. The van der Waals surface area contributed by atoms with Crippen molar-refractivity contribution < 1.29 is 14.3 Å².